The van der Waals surface area contributed by atoms with Gasteiger partial charge in [0, 0.05) is 6.07 Å². The maximum absolute atomic E-state index is 5.01. The first-order chi connectivity index (χ1) is 4.95. The van der Waals surface area contributed by atoms with Gasteiger partial charge in [-0.05, 0) is 23.1 Å². The topological polar surface area (TPSA) is 21.8 Å². The molecule has 3 heteroatoms. The molecule has 1 aromatic rings. The summed E-state index contributed by atoms with van der Waals surface area (Å²) in [6.07, 6.45) is 0. The molecule has 0 atom stereocenters. The second-order valence-corrected chi connectivity index (χ2v) is 2.19. The lowest BCUT2D eigenvalue weighted by atomic mass is 10.2. The summed E-state index contributed by atoms with van der Waals surface area (Å²) >= 11 is 0. The van der Waals surface area contributed by atoms with Gasteiger partial charge >= 0.3 is 0 Å². The smallest absolute Gasteiger partial charge is 0.131 e. The molecule has 60 valence electrons. The molecule has 1 aromatic carbocycles. The molecule has 0 unspecified atom stereocenters. The van der Waals surface area contributed by atoms with E-state index in [4.69, 9.17) is 4.74 Å². The van der Waals surface area contributed by atoms with Crippen LogP contribution in [0.3, 0.4) is 0 Å². The number of hydrogen-bond donors (Lipinski definition) is 0. The molecular formula is C8H12O2Si. The van der Waals surface area contributed by atoms with E-state index < -0.39 is 0 Å². The van der Waals surface area contributed by atoms with E-state index in [0.717, 1.165) is 24.7 Å². The number of ether oxygens (including phenoxy) is 2. The van der Waals surface area contributed by atoms with Crippen LogP contribution in [-0.4, -0.2) is 24.2 Å². The molecule has 11 heavy (non-hydrogen) atoms. The quantitative estimate of drug-likeness (QED) is 0.418. The van der Waals surface area contributed by atoms with Crippen LogP contribution >= 0.6 is 0 Å². The average Bonchev–Trinajstić information content (AvgIpc) is 2.72. The highest BCUT2D eigenvalue weighted by molar-refractivity contribution is 5.75. The van der Waals surface area contributed by atoms with Crippen LogP contribution in [0, 0.1) is 0 Å². The van der Waals surface area contributed by atoms with Crippen molar-refractivity contribution in [2.24, 2.45) is 0 Å². The molecule has 2 nitrogen and oxygen atoms in total. The Labute approximate surface area is 70.2 Å². The van der Waals surface area contributed by atoms with E-state index in [2.05, 4.69) is 4.74 Å². The zero-order valence-electron chi connectivity index (χ0n) is 5.54. The van der Waals surface area contributed by atoms with Gasteiger partial charge in [-0.1, -0.05) is 6.07 Å². The zero-order valence-corrected chi connectivity index (χ0v) is 5.54. The van der Waals surface area contributed by atoms with Crippen molar-refractivity contribution in [3.63, 3.8) is 0 Å². The molecule has 3 aliphatic heterocycles. The molecule has 0 radical (unpaired) electrons. The summed E-state index contributed by atoms with van der Waals surface area (Å²) in [5.41, 5.74) is 0. The summed E-state index contributed by atoms with van der Waals surface area (Å²) in [6, 6.07) is 7.86. The van der Waals surface area contributed by atoms with Crippen LogP contribution in [0.25, 0.3) is 0 Å². The number of benzene rings is 1. The predicted molar refractivity (Wildman–Crippen MR) is 48.7 cm³/mol. The van der Waals surface area contributed by atoms with E-state index in [1.807, 2.05) is 24.3 Å². The van der Waals surface area contributed by atoms with E-state index in [1.165, 1.54) is 0 Å². The number of hydrogen-bond acceptors (Lipinski definition) is 2. The third kappa shape index (κ3) is 2.36. The fraction of sp³-hybridized carbons (Fsp3) is 0.250. The van der Waals surface area contributed by atoms with Crippen molar-refractivity contribution in [3.8, 4) is 11.5 Å². The Kier molecular flexibility index (Phi) is 2.68. The lowest BCUT2D eigenvalue weighted by molar-refractivity contribution is 0.438. The van der Waals surface area contributed by atoms with Gasteiger partial charge in [0.2, 0.25) is 0 Å². The van der Waals surface area contributed by atoms with Crippen LogP contribution in [0.5, 0.6) is 11.5 Å². The van der Waals surface area contributed by atoms with Gasteiger partial charge in [-0.25, -0.2) is 0 Å². The number of epoxide rings is 1. The van der Waals surface area contributed by atoms with Crippen LogP contribution in [0.15, 0.2) is 24.3 Å². The highest BCUT2D eigenvalue weighted by Gasteiger charge is 2.05. The Hall–Kier alpha value is -0.803. The van der Waals surface area contributed by atoms with Crippen LogP contribution in [0.1, 0.15) is 0 Å². The van der Waals surface area contributed by atoms with Crippen LogP contribution in [0.2, 0.25) is 0 Å². The van der Waals surface area contributed by atoms with Crippen molar-refractivity contribution in [3.05, 3.63) is 24.3 Å². The largest absolute Gasteiger partial charge is 0.457 e. The molecule has 1 fully saturated rings. The Balaban J connectivity index is 0.000000131. The Bertz CT molecular complexity index is 208. The Morgan fingerprint density at radius 1 is 1.09 bits per heavy atom. The first kappa shape index (κ1) is 8.29. The van der Waals surface area contributed by atoms with Gasteiger partial charge in [0.1, 0.15) is 11.5 Å². The van der Waals surface area contributed by atoms with Crippen LogP contribution in [-0.2, 0) is 4.74 Å². The second-order valence-electron chi connectivity index (χ2n) is 2.19. The summed E-state index contributed by atoms with van der Waals surface area (Å²) in [6.45, 7) is 2.00. The standard InChI is InChI=1S/C6H4O.C2H4O.H4Si/c1-2-5-4-6(3-1)7-5;1-2-3-1;/h1-4H;1-2H2;1H4. The zero-order chi connectivity index (χ0) is 6.81. The fourth-order valence-electron chi connectivity index (χ4n) is 0.679. The van der Waals surface area contributed by atoms with Crippen molar-refractivity contribution in [2.45, 2.75) is 0 Å². The fourth-order valence-corrected chi connectivity index (χ4v) is 0.679. The van der Waals surface area contributed by atoms with E-state index in [-0.39, 0.29) is 11.0 Å². The Morgan fingerprint density at radius 2 is 1.55 bits per heavy atom. The van der Waals surface area contributed by atoms with Crippen molar-refractivity contribution in [1.29, 1.82) is 0 Å². The predicted octanol–water partition coefficient (Wildman–Crippen LogP) is 0.357. The van der Waals surface area contributed by atoms with E-state index >= 15 is 0 Å². The van der Waals surface area contributed by atoms with Crippen molar-refractivity contribution in [2.75, 3.05) is 13.2 Å². The summed E-state index contributed by atoms with van der Waals surface area (Å²) in [5, 5.41) is 0. The molecule has 3 aliphatic rings. The van der Waals surface area contributed by atoms with Gasteiger partial charge in [-0.15, -0.1) is 0 Å². The van der Waals surface area contributed by atoms with Crippen molar-refractivity contribution >= 4 is 11.0 Å². The van der Waals surface area contributed by atoms with Crippen molar-refractivity contribution in [1.82, 2.24) is 0 Å². The lowest BCUT2D eigenvalue weighted by Crippen LogP contribution is -1.91. The van der Waals surface area contributed by atoms with Crippen molar-refractivity contribution < 1.29 is 9.47 Å². The molecular weight excluding hydrogens is 156 g/mol. The highest BCUT2D eigenvalue weighted by Crippen LogP contribution is 2.32. The molecule has 0 spiro atoms. The number of fused-ring (bicyclic) bond motifs is 2. The second kappa shape index (κ2) is 3.55. The van der Waals surface area contributed by atoms with Crippen LogP contribution < -0.4 is 4.74 Å². The summed E-state index contributed by atoms with van der Waals surface area (Å²) in [5.74, 6) is 1.97. The maximum atomic E-state index is 5.01. The SMILES string of the molecule is C1CO1.[SiH4].c1cc2cc(c1)O2. The average molecular weight is 168 g/mol. The molecule has 3 heterocycles. The molecule has 0 aromatic heterocycles. The van der Waals surface area contributed by atoms with E-state index in [9.17, 15) is 0 Å². The van der Waals surface area contributed by atoms with Gasteiger partial charge in [-0.3, -0.25) is 0 Å². The van der Waals surface area contributed by atoms with Gasteiger partial charge in [0.25, 0.3) is 0 Å². The third-order valence-electron chi connectivity index (χ3n) is 1.25. The minimum atomic E-state index is 0. The van der Waals surface area contributed by atoms with Crippen LogP contribution in [0.4, 0.5) is 0 Å². The Morgan fingerprint density at radius 3 is 1.64 bits per heavy atom. The lowest BCUT2D eigenvalue weighted by Gasteiger charge is -2.13. The van der Waals surface area contributed by atoms with Gasteiger partial charge in [-0.2, -0.15) is 0 Å². The normalized spacial score (nSPS) is 14.2. The van der Waals surface area contributed by atoms with E-state index in [1.54, 1.807) is 0 Å². The number of rotatable bonds is 0. The molecule has 1 saturated heterocycles. The van der Waals surface area contributed by atoms with Gasteiger partial charge in [0.15, 0.2) is 0 Å². The molecule has 0 N–H and O–H groups in total. The molecule has 0 saturated carbocycles. The third-order valence-corrected chi connectivity index (χ3v) is 1.25. The van der Waals surface area contributed by atoms with E-state index in [0.29, 0.717) is 0 Å². The molecule has 4 rings (SSSR count). The van der Waals surface area contributed by atoms with Gasteiger partial charge in [0.05, 0.1) is 13.2 Å². The monoisotopic (exact) mass is 168 g/mol. The summed E-state index contributed by atoms with van der Waals surface area (Å²) in [4.78, 5) is 0. The molecule has 0 amide bonds. The molecule has 0 aliphatic carbocycles. The minimum absolute atomic E-state index is 0. The molecule has 2 bridgehead atoms. The highest BCUT2D eigenvalue weighted by atomic mass is 28.1. The summed E-state index contributed by atoms with van der Waals surface area (Å²) in [7, 11) is 0. The minimum Gasteiger partial charge on any atom is -0.457 e. The summed E-state index contributed by atoms with van der Waals surface area (Å²) < 4.78 is 9.51. The first-order valence-electron chi connectivity index (χ1n) is 3.31. The maximum Gasteiger partial charge on any atom is 0.131 e. The first-order valence-corrected chi connectivity index (χ1v) is 3.31. The van der Waals surface area contributed by atoms with Gasteiger partial charge < -0.3 is 9.47 Å².